The van der Waals surface area contributed by atoms with Gasteiger partial charge in [0, 0.05) is 17.0 Å². The molecule has 2 aromatic rings. The molecule has 0 saturated heterocycles. The number of furan rings is 1. The van der Waals surface area contributed by atoms with Gasteiger partial charge in [0.15, 0.2) is 0 Å². The third kappa shape index (κ3) is 2.65. The fourth-order valence-corrected chi connectivity index (χ4v) is 3.55. The molecule has 0 bridgehead atoms. The molecule has 0 unspecified atom stereocenters. The fourth-order valence-electron chi connectivity index (χ4n) is 3.36. The molecule has 128 valence electrons. The van der Waals surface area contributed by atoms with Gasteiger partial charge in [-0.05, 0) is 38.1 Å². The van der Waals surface area contributed by atoms with E-state index < -0.39 is 17.5 Å². The van der Waals surface area contributed by atoms with Crippen LogP contribution in [-0.4, -0.2) is 17.5 Å². The molecule has 0 fully saturated rings. The number of halogens is 1. The minimum atomic E-state index is -0.844. The number of cyclic esters (lactones) is 1. The van der Waals surface area contributed by atoms with E-state index in [1.54, 1.807) is 32.0 Å². The predicted molar refractivity (Wildman–Crippen MR) is 91.9 cm³/mol. The largest absolute Gasteiger partial charge is 0.460 e. The number of hydrogen-bond donors (Lipinski definition) is 1. The van der Waals surface area contributed by atoms with E-state index in [0.717, 1.165) is 5.56 Å². The van der Waals surface area contributed by atoms with Crippen molar-refractivity contribution in [3.63, 3.8) is 0 Å². The van der Waals surface area contributed by atoms with Crippen molar-refractivity contribution < 1.29 is 18.7 Å². The number of carbonyl (C=O) groups is 2. The Kier molecular flexibility index (Phi) is 3.51. The summed E-state index contributed by atoms with van der Waals surface area (Å²) in [5.74, 6) is 0.177. The summed E-state index contributed by atoms with van der Waals surface area (Å²) in [5, 5.41) is 3.39. The Balaban J connectivity index is 1.76. The number of benzene rings is 1. The van der Waals surface area contributed by atoms with Crippen molar-refractivity contribution in [2.45, 2.75) is 31.8 Å². The second-order valence-corrected chi connectivity index (χ2v) is 7.14. The van der Waals surface area contributed by atoms with Crippen LogP contribution in [0.4, 0.5) is 0 Å². The van der Waals surface area contributed by atoms with Crippen LogP contribution < -0.4 is 5.32 Å². The van der Waals surface area contributed by atoms with Gasteiger partial charge in [0.05, 0.1) is 17.2 Å². The van der Waals surface area contributed by atoms with E-state index in [-0.39, 0.29) is 12.3 Å². The summed E-state index contributed by atoms with van der Waals surface area (Å²) in [5.41, 5.74) is 0.988. The first kappa shape index (κ1) is 16.0. The molecule has 1 aromatic carbocycles. The molecule has 0 spiro atoms. The van der Waals surface area contributed by atoms with Crippen LogP contribution in [0.25, 0.3) is 11.3 Å². The van der Waals surface area contributed by atoms with Gasteiger partial charge in [0.25, 0.3) is 0 Å². The van der Waals surface area contributed by atoms with Crippen LogP contribution in [-0.2, 0) is 14.3 Å². The summed E-state index contributed by atoms with van der Waals surface area (Å²) in [6.07, 6.45) is 0.145. The lowest BCUT2D eigenvalue weighted by atomic mass is 9.86. The highest BCUT2D eigenvalue weighted by atomic mass is 35.5. The molecular formula is C19H16ClNO4. The summed E-state index contributed by atoms with van der Waals surface area (Å²) >= 11 is 6.03. The smallest absolute Gasteiger partial charge is 0.337 e. The van der Waals surface area contributed by atoms with E-state index >= 15 is 0 Å². The SMILES string of the molecule is CC1(C)OC(=O)C2=C1NC(=O)C[C@H]2c1ccc(-c2cccc(Cl)c2)o1. The molecule has 4 rings (SSSR count). The van der Waals surface area contributed by atoms with Crippen LogP contribution >= 0.6 is 11.6 Å². The van der Waals surface area contributed by atoms with Gasteiger partial charge >= 0.3 is 5.97 Å². The Morgan fingerprint density at radius 3 is 2.76 bits per heavy atom. The van der Waals surface area contributed by atoms with E-state index in [1.807, 2.05) is 18.2 Å². The van der Waals surface area contributed by atoms with Gasteiger partial charge in [-0.25, -0.2) is 4.79 Å². The second kappa shape index (κ2) is 5.49. The lowest BCUT2D eigenvalue weighted by Crippen LogP contribution is -2.38. The molecule has 2 aliphatic heterocycles. The van der Waals surface area contributed by atoms with Gasteiger partial charge in [-0.2, -0.15) is 0 Å². The number of ether oxygens (including phenoxy) is 1. The maximum Gasteiger partial charge on any atom is 0.337 e. The predicted octanol–water partition coefficient (Wildman–Crippen LogP) is 3.79. The molecule has 6 heteroatoms. The first-order valence-electron chi connectivity index (χ1n) is 7.98. The zero-order valence-electron chi connectivity index (χ0n) is 13.8. The maximum atomic E-state index is 12.3. The number of amides is 1. The molecule has 1 N–H and O–H groups in total. The minimum absolute atomic E-state index is 0.145. The molecule has 1 amide bonds. The van der Waals surface area contributed by atoms with Gasteiger partial charge in [-0.1, -0.05) is 23.7 Å². The third-order valence-electron chi connectivity index (χ3n) is 4.52. The van der Waals surface area contributed by atoms with Crippen LogP contribution in [0.2, 0.25) is 5.02 Å². The Labute approximate surface area is 149 Å². The summed E-state index contributed by atoms with van der Waals surface area (Å²) in [6.45, 7) is 3.52. The topological polar surface area (TPSA) is 68.5 Å². The van der Waals surface area contributed by atoms with Crippen molar-refractivity contribution >= 4 is 23.5 Å². The van der Waals surface area contributed by atoms with Crippen molar-refractivity contribution in [1.29, 1.82) is 0 Å². The monoisotopic (exact) mass is 357 g/mol. The minimum Gasteiger partial charge on any atom is -0.460 e. The lowest BCUT2D eigenvalue weighted by Gasteiger charge is -2.26. The first-order chi connectivity index (χ1) is 11.8. The van der Waals surface area contributed by atoms with Crippen LogP contribution in [0.15, 0.2) is 52.1 Å². The van der Waals surface area contributed by atoms with Crippen LogP contribution in [0.3, 0.4) is 0 Å². The molecule has 5 nitrogen and oxygen atoms in total. The highest BCUT2D eigenvalue weighted by molar-refractivity contribution is 6.30. The summed E-state index contributed by atoms with van der Waals surface area (Å²) < 4.78 is 11.4. The normalized spacial score (nSPS) is 21.8. The number of hydrogen-bond acceptors (Lipinski definition) is 4. The molecular weight excluding hydrogens is 342 g/mol. The Morgan fingerprint density at radius 2 is 2.00 bits per heavy atom. The van der Waals surface area contributed by atoms with Crippen molar-refractivity contribution in [2.24, 2.45) is 0 Å². The average molecular weight is 358 g/mol. The number of carbonyl (C=O) groups excluding carboxylic acids is 2. The molecule has 1 aromatic heterocycles. The third-order valence-corrected chi connectivity index (χ3v) is 4.76. The molecule has 3 heterocycles. The average Bonchev–Trinajstić information content (AvgIpc) is 3.11. The van der Waals surface area contributed by atoms with Gasteiger partial charge in [0.1, 0.15) is 17.1 Å². The summed E-state index contributed by atoms with van der Waals surface area (Å²) in [7, 11) is 0. The number of esters is 1. The highest BCUT2D eigenvalue weighted by Crippen LogP contribution is 2.43. The van der Waals surface area contributed by atoms with Gasteiger partial charge in [-0.3, -0.25) is 4.79 Å². The zero-order valence-corrected chi connectivity index (χ0v) is 14.5. The molecule has 2 aliphatic rings. The van der Waals surface area contributed by atoms with Gasteiger partial charge in [0.2, 0.25) is 5.91 Å². The molecule has 0 radical (unpaired) electrons. The first-order valence-corrected chi connectivity index (χ1v) is 8.36. The summed E-state index contributed by atoms with van der Waals surface area (Å²) in [6, 6.07) is 10.9. The van der Waals surface area contributed by atoms with Crippen LogP contribution in [0.5, 0.6) is 0 Å². The fraction of sp³-hybridized carbons (Fsp3) is 0.263. The zero-order chi connectivity index (χ0) is 17.8. The van der Waals surface area contributed by atoms with Crippen molar-refractivity contribution in [1.82, 2.24) is 5.32 Å². The summed E-state index contributed by atoms with van der Waals surface area (Å²) in [4.78, 5) is 24.5. The molecule has 0 saturated carbocycles. The van der Waals surface area contributed by atoms with Gasteiger partial charge < -0.3 is 14.5 Å². The second-order valence-electron chi connectivity index (χ2n) is 6.71. The van der Waals surface area contributed by atoms with Gasteiger partial charge in [-0.15, -0.1) is 0 Å². The van der Waals surface area contributed by atoms with E-state index in [4.69, 9.17) is 20.8 Å². The number of nitrogens with one attached hydrogen (secondary N) is 1. The van der Waals surface area contributed by atoms with E-state index in [9.17, 15) is 9.59 Å². The molecule has 1 atom stereocenters. The maximum absolute atomic E-state index is 12.3. The van der Waals surface area contributed by atoms with Crippen molar-refractivity contribution in [3.8, 4) is 11.3 Å². The number of rotatable bonds is 2. The van der Waals surface area contributed by atoms with Crippen molar-refractivity contribution in [3.05, 3.63) is 58.5 Å². The van der Waals surface area contributed by atoms with E-state index in [1.165, 1.54) is 0 Å². The molecule has 25 heavy (non-hydrogen) atoms. The Morgan fingerprint density at radius 1 is 1.20 bits per heavy atom. The Bertz CT molecular complexity index is 925. The quantitative estimate of drug-likeness (QED) is 0.830. The van der Waals surface area contributed by atoms with Crippen LogP contribution in [0, 0.1) is 0 Å². The standard InChI is InChI=1S/C19H16ClNO4/c1-19(2)17-16(18(23)25-19)12(9-15(22)21-17)14-7-6-13(24-14)10-4-3-5-11(20)8-10/h3-8,12H,9H2,1-2H3,(H,21,22)/t12-/m0/s1. The Hall–Kier alpha value is -2.53. The van der Waals surface area contributed by atoms with Crippen LogP contribution in [0.1, 0.15) is 31.9 Å². The van der Waals surface area contributed by atoms with Crippen molar-refractivity contribution in [2.75, 3.05) is 0 Å². The lowest BCUT2D eigenvalue weighted by molar-refractivity contribution is -0.144. The molecule has 0 aliphatic carbocycles. The van der Waals surface area contributed by atoms with E-state index in [2.05, 4.69) is 5.32 Å². The van der Waals surface area contributed by atoms with E-state index in [0.29, 0.717) is 27.8 Å². The highest BCUT2D eigenvalue weighted by Gasteiger charge is 2.48.